The lowest BCUT2D eigenvalue weighted by atomic mass is 10.0. The Morgan fingerprint density at radius 2 is 1.79 bits per heavy atom. The highest BCUT2D eigenvalue weighted by molar-refractivity contribution is 5.91. The molecule has 0 aliphatic carbocycles. The van der Waals surface area contributed by atoms with Gasteiger partial charge in [-0.05, 0) is 62.9 Å². The van der Waals surface area contributed by atoms with E-state index in [1.165, 1.54) is 6.07 Å². The summed E-state index contributed by atoms with van der Waals surface area (Å²) >= 11 is 0. The summed E-state index contributed by atoms with van der Waals surface area (Å²) in [5.74, 6) is -0.371. The first-order chi connectivity index (χ1) is 15.6. The van der Waals surface area contributed by atoms with Crippen LogP contribution < -0.4 is 15.7 Å². The molecule has 0 aliphatic heterocycles. The molecule has 33 heavy (non-hydrogen) atoms. The predicted octanol–water partition coefficient (Wildman–Crippen LogP) is 4.71. The number of amides is 1. The second-order valence-corrected chi connectivity index (χ2v) is 8.89. The van der Waals surface area contributed by atoms with Gasteiger partial charge in [0, 0.05) is 12.5 Å². The van der Waals surface area contributed by atoms with E-state index in [1.807, 2.05) is 44.2 Å². The summed E-state index contributed by atoms with van der Waals surface area (Å²) in [7, 11) is 0. The van der Waals surface area contributed by atoms with Gasteiger partial charge in [-0.2, -0.15) is 0 Å². The predicted molar refractivity (Wildman–Crippen MR) is 126 cm³/mol. The van der Waals surface area contributed by atoms with E-state index in [0.29, 0.717) is 23.0 Å². The lowest BCUT2D eigenvalue weighted by Crippen LogP contribution is -2.46. The second-order valence-electron chi connectivity index (χ2n) is 8.89. The zero-order valence-electron chi connectivity index (χ0n) is 19.6. The topological polar surface area (TPSA) is 94.8 Å². The number of alkyl carbamates (subject to hydrolysis) is 1. The lowest BCUT2D eigenvalue weighted by Gasteiger charge is -2.23. The molecule has 7 heteroatoms. The molecule has 3 rings (SSSR count). The maximum atomic E-state index is 13.3. The van der Waals surface area contributed by atoms with Crippen molar-refractivity contribution in [1.82, 2.24) is 5.32 Å². The number of esters is 1. The van der Waals surface area contributed by atoms with Crippen molar-refractivity contribution < 1.29 is 23.5 Å². The molecule has 1 amide bonds. The molecule has 1 heterocycles. The first kappa shape index (κ1) is 24.0. The molecule has 7 nitrogen and oxygen atoms in total. The molecule has 3 aromatic rings. The number of carbonyl (C=O) groups is 2. The van der Waals surface area contributed by atoms with Gasteiger partial charge in [-0.1, -0.05) is 37.3 Å². The Bertz CT molecular complexity index is 1210. The molecular weight excluding hydrogens is 422 g/mol. The van der Waals surface area contributed by atoms with Crippen LogP contribution in [0, 0.1) is 6.92 Å². The molecule has 0 saturated heterocycles. The van der Waals surface area contributed by atoms with Crippen LogP contribution in [0.25, 0.3) is 11.0 Å². The number of aryl methyl sites for hydroxylation is 2. The van der Waals surface area contributed by atoms with E-state index in [1.54, 1.807) is 32.9 Å². The van der Waals surface area contributed by atoms with Gasteiger partial charge in [0.2, 0.25) is 0 Å². The highest BCUT2D eigenvalue weighted by Gasteiger charge is 2.27. The van der Waals surface area contributed by atoms with Crippen molar-refractivity contribution in [2.24, 2.45) is 0 Å². The van der Waals surface area contributed by atoms with E-state index in [4.69, 9.17) is 13.9 Å². The highest BCUT2D eigenvalue weighted by Crippen LogP contribution is 2.30. The van der Waals surface area contributed by atoms with Gasteiger partial charge in [-0.15, -0.1) is 0 Å². The van der Waals surface area contributed by atoms with Gasteiger partial charge in [-0.3, -0.25) is 0 Å². The maximum absolute atomic E-state index is 13.3. The molecule has 1 atom stereocenters. The standard InChI is InChI=1S/C26H29NO6/c1-6-18-15-22(28)31-20-12-16(2)13-21(23(18)20)32-24(29)19(14-17-10-8-7-9-11-17)27-25(30)33-26(3,4)5/h7-13,15,19H,6,14H2,1-5H3,(H,27,30). The van der Waals surface area contributed by atoms with Crippen molar-refractivity contribution in [3.63, 3.8) is 0 Å². The lowest BCUT2D eigenvalue weighted by molar-refractivity contribution is -0.136. The summed E-state index contributed by atoms with van der Waals surface area (Å²) in [6.07, 6.45) is 0.0623. The number of benzene rings is 2. The number of hydrogen-bond acceptors (Lipinski definition) is 6. The third-order valence-electron chi connectivity index (χ3n) is 4.88. The molecule has 0 aliphatic rings. The van der Waals surface area contributed by atoms with Crippen LogP contribution in [0.15, 0.2) is 57.7 Å². The molecule has 1 N–H and O–H groups in total. The second kappa shape index (κ2) is 9.90. The van der Waals surface area contributed by atoms with Crippen molar-refractivity contribution >= 4 is 23.0 Å². The molecule has 0 bridgehead atoms. The summed E-state index contributed by atoms with van der Waals surface area (Å²) in [5.41, 5.74) is 1.50. The van der Waals surface area contributed by atoms with Crippen LogP contribution in [0.1, 0.15) is 44.4 Å². The maximum Gasteiger partial charge on any atom is 0.408 e. The first-order valence-electron chi connectivity index (χ1n) is 10.9. The van der Waals surface area contributed by atoms with Crippen LogP contribution in [0.3, 0.4) is 0 Å². The Morgan fingerprint density at radius 3 is 2.42 bits per heavy atom. The van der Waals surface area contributed by atoms with Gasteiger partial charge in [0.05, 0.1) is 5.39 Å². The average molecular weight is 452 g/mol. The molecule has 1 unspecified atom stereocenters. The monoisotopic (exact) mass is 451 g/mol. The van der Waals surface area contributed by atoms with Crippen LogP contribution in [-0.4, -0.2) is 23.7 Å². The Labute approximate surface area is 192 Å². The van der Waals surface area contributed by atoms with Crippen LogP contribution in [0.2, 0.25) is 0 Å². The van der Waals surface area contributed by atoms with Crippen LogP contribution in [0.4, 0.5) is 4.79 Å². The quantitative estimate of drug-likeness (QED) is 0.331. The molecule has 174 valence electrons. The minimum Gasteiger partial charge on any atom is -0.444 e. The SMILES string of the molecule is CCc1cc(=O)oc2cc(C)cc(OC(=O)C(Cc3ccccc3)NC(=O)OC(C)(C)C)c12. The van der Waals surface area contributed by atoms with Crippen molar-refractivity contribution in [2.75, 3.05) is 0 Å². The van der Waals surface area contributed by atoms with Crippen LogP contribution in [0.5, 0.6) is 5.75 Å². The molecule has 0 spiro atoms. The van der Waals surface area contributed by atoms with Crippen molar-refractivity contribution in [1.29, 1.82) is 0 Å². The summed E-state index contributed by atoms with van der Waals surface area (Å²) in [4.78, 5) is 37.6. The summed E-state index contributed by atoms with van der Waals surface area (Å²) < 4.78 is 16.5. The average Bonchev–Trinajstić information content (AvgIpc) is 2.71. The summed E-state index contributed by atoms with van der Waals surface area (Å²) in [6, 6.07) is 13.2. The molecular formula is C26H29NO6. The Hall–Kier alpha value is -3.61. The fourth-order valence-electron chi connectivity index (χ4n) is 3.50. The fraction of sp³-hybridized carbons (Fsp3) is 0.346. The van der Waals surface area contributed by atoms with E-state index >= 15 is 0 Å². The molecule has 2 aromatic carbocycles. The zero-order chi connectivity index (χ0) is 24.2. The van der Waals surface area contributed by atoms with Gasteiger partial charge in [0.25, 0.3) is 0 Å². The Balaban J connectivity index is 1.95. The van der Waals surface area contributed by atoms with E-state index < -0.39 is 29.3 Å². The number of nitrogens with one attached hydrogen (secondary N) is 1. The molecule has 0 fully saturated rings. The largest absolute Gasteiger partial charge is 0.444 e. The number of rotatable bonds is 6. The van der Waals surface area contributed by atoms with E-state index in [0.717, 1.165) is 11.1 Å². The van der Waals surface area contributed by atoms with Gasteiger partial charge in [0.1, 0.15) is 23.0 Å². The fourth-order valence-corrected chi connectivity index (χ4v) is 3.50. The van der Waals surface area contributed by atoms with Crippen molar-refractivity contribution in [3.8, 4) is 5.75 Å². The third-order valence-corrected chi connectivity index (χ3v) is 4.88. The van der Waals surface area contributed by atoms with Crippen LogP contribution >= 0.6 is 0 Å². The third kappa shape index (κ3) is 6.44. The minimum absolute atomic E-state index is 0.221. The summed E-state index contributed by atoms with van der Waals surface area (Å²) in [6.45, 7) is 8.96. The number of ether oxygens (including phenoxy) is 2. The van der Waals surface area contributed by atoms with Crippen molar-refractivity contribution in [2.45, 2.75) is 59.1 Å². The normalized spacial score (nSPS) is 12.3. The summed E-state index contributed by atoms with van der Waals surface area (Å²) in [5, 5.41) is 3.20. The highest BCUT2D eigenvalue weighted by atomic mass is 16.6. The zero-order valence-corrected chi connectivity index (χ0v) is 19.6. The van der Waals surface area contributed by atoms with Gasteiger partial charge in [0.15, 0.2) is 0 Å². The van der Waals surface area contributed by atoms with Crippen molar-refractivity contribution in [3.05, 3.63) is 75.6 Å². The van der Waals surface area contributed by atoms with Gasteiger partial charge < -0.3 is 19.2 Å². The minimum atomic E-state index is -0.987. The molecule has 0 saturated carbocycles. The van der Waals surface area contributed by atoms with E-state index in [-0.39, 0.29) is 12.2 Å². The molecule has 0 radical (unpaired) electrons. The van der Waals surface area contributed by atoms with Crippen LogP contribution in [-0.2, 0) is 22.4 Å². The Kier molecular flexibility index (Phi) is 7.21. The van der Waals surface area contributed by atoms with E-state index in [2.05, 4.69) is 5.32 Å². The first-order valence-corrected chi connectivity index (χ1v) is 10.9. The smallest absolute Gasteiger partial charge is 0.408 e. The van der Waals surface area contributed by atoms with Gasteiger partial charge >= 0.3 is 17.7 Å². The van der Waals surface area contributed by atoms with Gasteiger partial charge in [-0.25, -0.2) is 14.4 Å². The number of carbonyl (C=O) groups excluding carboxylic acids is 2. The van der Waals surface area contributed by atoms with E-state index in [9.17, 15) is 14.4 Å². The molecule has 1 aromatic heterocycles. The number of fused-ring (bicyclic) bond motifs is 1. The Morgan fingerprint density at radius 1 is 1.09 bits per heavy atom. The number of hydrogen-bond donors (Lipinski definition) is 1.